The van der Waals surface area contributed by atoms with Gasteiger partial charge in [-0.15, -0.1) is 0 Å². The van der Waals surface area contributed by atoms with Crippen LogP contribution in [-0.2, 0) is 13.6 Å². The van der Waals surface area contributed by atoms with E-state index in [0.717, 1.165) is 19.4 Å². The molecule has 0 unspecified atom stereocenters. The molecule has 0 fully saturated rings. The van der Waals surface area contributed by atoms with Gasteiger partial charge >= 0.3 is 5.69 Å². The lowest BCUT2D eigenvalue weighted by atomic mass is 10.1. The topological polar surface area (TPSA) is 84.7 Å². The van der Waals surface area contributed by atoms with E-state index in [1.807, 2.05) is 4.57 Å². The number of nitrogens with zero attached hydrogens (tertiary/aromatic N) is 3. The minimum Gasteiger partial charge on any atom is -0.356 e. The van der Waals surface area contributed by atoms with Gasteiger partial charge in [-0.25, -0.2) is 4.79 Å². The van der Waals surface area contributed by atoms with Crippen molar-refractivity contribution < 1.29 is 0 Å². The molecule has 0 radical (unpaired) electrons. The highest BCUT2D eigenvalue weighted by Crippen LogP contribution is 2.17. The number of unbranched alkanes of at least 4 members (excludes halogenated alkanes) is 3. The Morgan fingerprint density at radius 3 is 2.62 bits per heavy atom. The molecule has 0 aliphatic heterocycles. The second kappa shape index (κ2) is 8.17. The first kappa shape index (κ1) is 18.3. The number of hydrogen-bond donors (Lipinski definition) is 2. The molecule has 2 N–H and O–H groups in total. The molecule has 0 aromatic carbocycles. The van der Waals surface area contributed by atoms with Crippen LogP contribution in [0.4, 0.5) is 5.95 Å². The molecule has 0 spiro atoms. The molecule has 0 saturated heterocycles. The predicted molar refractivity (Wildman–Crippen MR) is 97.7 cm³/mol. The second-order valence-corrected chi connectivity index (χ2v) is 6.75. The monoisotopic (exact) mass is 335 g/mol. The standard InChI is InChI=1S/C17H29N5O2/c1-5-6-7-8-10-18-16-19-14-13(22(16)11-9-12(2)3)15(23)20-17(24)21(14)4/h12H,5-11H2,1-4H3,(H,18,19)(H,20,23,24). The summed E-state index contributed by atoms with van der Waals surface area (Å²) >= 11 is 0. The zero-order chi connectivity index (χ0) is 17.7. The molecule has 0 atom stereocenters. The zero-order valence-electron chi connectivity index (χ0n) is 15.2. The molecule has 7 heteroatoms. The maximum Gasteiger partial charge on any atom is 0.329 e. The summed E-state index contributed by atoms with van der Waals surface area (Å²) in [6.07, 6.45) is 5.60. The summed E-state index contributed by atoms with van der Waals surface area (Å²) < 4.78 is 3.30. The predicted octanol–water partition coefficient (Wildman–Crippen LogP) is 2.46. The molecule has 2 rings (SSSR count). The Hall–Kier alpha value is -2.05. The maximum atomic E-state index is 12.3. The van der Waals surface area contributed by atoms with Crippen LogP contribution >= 0.6 is 0 Å². The lowest BCUT2D eigenvalue weighted by Crippen LogP contribution is -2.29. The van der Waals surface area contributed by atoms with E-state index in [0.29, 0.717) is 29.6 Å². The largest absolute Gasteiger partial charge is 0.356 e. The molecule has 0 aliphatic rings. The van der Waals surface area contributed by atoms with E-state index in [9.17, 15) is 9.59 Å². The molecule has 2 aromatic heterocycles. The maximum absolute atomic E-state index is 12.3. The van der Waals surface area contributed by atoms with Crippen molar-refractivity contribution in [3.05, 3.63) is 20.8 Å². The number of aromatic nitrogens is 4. The van der Waals surface area contributed by atoms with E-state index in [1.165, 1.54) is 23.8 Å². The summed E-state index contributed by atoms with van der Waals surface area (Å²) in [4.78, 5) is 31.0. The van der Waals surface area contributed by atoms with E-state index < -0.39 is 5.69 Å². The first-order valence-corrected chi connectivity index (χ1v) is 8.89. The molecular formula is C17H29N5O2. The van der Waals surface area contributed by atoms with Gasteiger partial charge in [-0.1, -0.05) is 40.0 Å². The highest BCUT2D eigenvalue weighted by Gasteiger charge is 2.17. The minimum atomic E-state index is -0.435. The normalized spacial score (nSPS) is 11.5. The summed E-state index contributed by atoms with van der Waals surface area (Å²) in [7, 11) is 1.63. The summed E-state index contributed by atoms with van der Waals surface area (Å²) in [6.45, 7) is 8.00. The Balaban J connectivity index is 2.35. The van der Waals surface area contributed by atoms with Gasteiger partial charge in [-0.05, 0) is 18.8 Å². The Morgan fingerprint density at radius 1 is 1.21 bits per heavy atom. The summed E-state index contributed by atoms with van der Waals surface area (Å²) in [5, 5.41) is 3.34. The average molecular weight is 335 g/mol. The highest BCUT2D eigenvalue weighted by molar-refractivity contribution is 5.74. The second-order valence-electron chi connectivity index (χ2n) is 6.75. The van der Waals surface area contributed by atoms with Crippen molar-refractivity contribution in [2.24, 2.45) is 13.0 Å². The first-order valence-electron chi connectivity index (χ1n) is 8.89. The van der Waals surface area contributed by atoms with Crippen molar-refractivity contribution in [2.75, 3.05) is 11.9 Å². The first-order chi connectivity index (χ1) is 11.5. The smallest absolute Gasteiger partial charge is 0.329 e. The molecular weight excluding hydrogens is 306 g/mol. The molecule has 0 saturated carbocycles. The third-order valence-electron chi connectivity index (χ3n) is 4.25. The molecule has 2 aromatic rings. The number of hydrogen-bond acceptors (Lipinski definition) is 4. The highest BCUT2D eigenvalue weighted by atomic mass is 16.2. The summed E-state index contributed by atoms with van der Waals surface area (Å²) in [5.74, 6) is 1.19. The SMILES string of the molecule is CCCCCCNc1nc2c(c(=O)[nH]c(=O)n2C)n1CCC(C)C. The lowest BCUT2D eigenvalue weighted by Gasteiger charge is -2.11. The van der Waals surface area contributed by atoms with E-state index in [4.69, 9.17) is 0 Å². The van der Waals surface area contributed by atoms with Crippen LogP contribution in [0.5, 0.6) is 0 Å². The molecule has 134 valence electrons. The molecule has 7 nitrogen and oxygen atoms in total. The fraction of sp³-hybridized carbons (Fsp3) is 0.706. The molecule has 2 heterocycles. The molecule has 0 amide bonds. The van der Waals surface area contributed by atoms with Crippen LogP contribution in [-0.4, -0.2) is 25.6 Å². The third kappa shape index (κ3) is 4.07. The number of anilines is 1. The van der Waals surface area contributed by atoms with Gasteiger partial charge in [0.2, 0.25) is 5.95 Å². The van der Waals surface area contributed by atoms with E-state index in [1.54, 1.807) is 7.05 Å². The number of rotatable bonds is 9. The Morgan fingerprint density at radius 2 is 1.96 bits per heavy atom. The Kier molecular flexibility index (Phi) is 6.23. The zero-order valence-corrected chi connectivity index (χ0v) is 15.2. The number of fused-ring (bicyclic) bond motifs is 1. The van der Waals surface area contributed by atoms with E-state index in [-0.39, 0.29) is 5.56 Å². The van der Waals surface area contributed by atoms with Gasteiger partial charge < -0.3 is 9.88 Å². The Labute approximate surface area is 142 Å². The van der Waals surface area contributed by atoms with Crippen molar-refractivity contribution in [1.82, 2.24) is 19.1 Å². The average Bonchev–Trinajstić information content (AvgIpc) is 2.89. The van der Waals surface area contributed by atoms with Gasteiger partial charge in [0.1, 0.15) is 0 Å². The third-order valence-corrected chi connectivity index (χ3v) is 4.25. The number of nitrogens with one attached hydrogen (secondary N) is 2. The van der Waals surface area contributed by atoms with Gasteiger partial charge in [0.15, 0.2) is 11.2 Å². The van der Waals surface area contributed by atoms with Gasteiger partial charge in [0, 0.05) is 20.1 Å². The van der Waals surface area contributed by atoms with Crippen LogP contribution in [0.25, 0.3) is 11.2 Å². The summed E-state index contributed by atoms with van der Waals surface area (Å²) in [6, 6.07) is 0. The Bertz CT molecular complexity index is 785. The van der Waals surface area contributed by atoms with Gasteiger partial charge in [-0.3, -0.25) is 14.3 Å². The lowest BCUT2D eigenvalue weighted by molar-refractivity contribution is 0.524. The van der Waals surface area contributed by atoms with E-state index in [2.05, 4.69) is 36.1 Å². The van der Waals surface area contributed by atoms with Crippen LogP contribution in [0.1, 0.15) is 52.9 Å². The fourth-order valence-corrected chi connectivity index (χ4v) is 2.73. The number of H-pyrrole nitrogens is 1. The van der Waals surface area contributed by atoms with Gasteiger partial charge in [-0.2, -0.15) is 4.98 Å². The molecule has 24 heavy (non-hydrogen) atoms. The van der Waals surface area contributed by atoms with Crippen molar-refractivity contribution in [3.63, 3.8) is 0 Å². The van der Waals surface area contributed by atoms with Crippen molar-refractivity contribution >= 4 is 17.1 Å². The van der Waals surface area contributed by atoms with Crippen LogP contribution in [0.15, 0.2) is 9.59 Å². The van der Waals surface area contributed by atoms with Crippen molar-refractivity contribution in [2.45, 2.75) is 59.4 Å². The minimum absolute atomic E-state index is 0.372. The van der Waals surface area contributed by atoms with Crippen LogP contribution in [0.2, 0.25) is 0 Å². The van der Waals surface area contributed by atoms with Gasteiger partial charge in [0.05, 0.1) is 0 Å². The van der Waals surface area contributed by atoms with E-state index >= 15 is 0 Å². The quantitative estimate of drug-likeness (QED) is 0.689. The van der Waals surface area contributed by atoms with Gasteiger partial charge in [0.25, 0.3) is 5.56 Å². The summed E-state index contributed by atoms with van der Waals surface area (Å²) in [5.41, 5.74) is 0.0938. The van der Waals surface area contributed by atoms with Crippen molar-refractivity contribution in [1.29, 1.82) is 0 Å². The number of imidazole rings is 1. The number of aryl methyl sites for hydroxylation is 2. The number of aromatic amines is 1. The van der Waals surface area contributed by atoms with Crippen molar-refractivity contribution in [3.8, 4) is 0 Å². The fourth-order valence-electron chi connectivity index (χ4n) is 2.73. The molecule has 0 bridgehead atoms. The van der Waals surface area contributed by atoms with Crippen LogP contribution in [0, 0.1) is 5.92 Å². The molecule has 0 aliphatic carbocycles. The van der Waals surface area contributed by atoms with Crippen LogP contribution < -0.4 is 16.6 Å². The van der Waals surface area contributed by atoms with Crippen LogP contribution in [0.3, 0.4) is 0 Å².